The van der Waals surface area contributed by atoms with Gasteiger partial charge in [0, 0.05) is 28.6 Å². The van der Waals surface area contributed by atoms with Crippen LogP contribution in [-0.4, -0.2) is 31.9 Å². The quantitative estimate of drug-likeness (QED) is 0.243. The maximum Gasteiger partial charge on any atom is 0.415 e. The maximum absolute atomic E-state index is 13.6. The number of benzene rings is 1. The molecule has 0 aliphatic carbocycles. The van der Waals surface area contributed by atoms with Crippen LogP contribution in [0.15, 0.2) is 24.4 Å². The molecule has 0 bridgehead atoms. The Balaban J connectivity index is 2.71. The van der Waals surface area contributed by atoms with Gasteiger partial charge < -0.3 is 9.47 Å². The summed E-state index contributed by atoms with van der Waals surface area (Å²) in [7, 11) is -0.249. The molecule has 0 saturated heterocycles. The summed E-state index contributed by atoms with van der Waals surface area (Å²) in [5.41, 5.74) is 10.3. The van der Waals surface area contributed by atoms with E-state index in [1.165, 1.54) is 0 Å². The third-order valence-electron chi connectivity index (χ3n) is 7.66. The first-order valence-corrected chi connectivity index (χ1v) is 16.5. The lowest BCUT2D eigenvalue weighted by molar-refractivity contribution is 0.0577. The monoisotopic (exact) mass is 550 g/mol. The van der Waals surface area contributed by atoms with Crippen molar-refractivity contribution < 1.29 is 14.3 Å². The summed E-state index contributed by atoms with van der Waals surface area (Å²) in [5.74, 6) is 4.37. The van der Waals surface area contributed by atoms with Crippen LogP contribution in [0.1, 0.15) is 97.2 Å². The van der Waals surface area contributed by atoms with Gasteiger partial charge >= 0.3 is 6.09 Å². The molecule has 0 aliphatic rings. The zero-order chi connectivity index (χ0) is 29.7. The van der Waals surface area contributed by atoms with Crippen molar-refractivity contribution in [1.29, 1.82) is 0 Å². The van der Waals surface area contributed by atoms with Crippen LogP contribution < -0.4 is 9.64 Å². The molecule has 2 aromatic rings. The number of hydrogen-bond donors (Lipinski definition) is 0. The Morgan fingerprint density at radius 1 is 1.03 bits per heavy atom. The topological polar surface area (TPSA) is 51.7 Å². The predicted molar refractivity (Wildman–Crippen MR) is 166 cm³/mol. The number of amides is 1. The molecule has 0 fully saturated rings. The number of pyridine rings is 1. The molecular weight excluding hydrogens is 500 g/mol. The summed E-state index contributed by atoms with van der Waals surface area (Å²) in [6.07, 6.45) is 2.22. The van der Waals surface area contributed by atoms with E-state index in [-0.39, 0.29) is 6.54 Å². The molecule has 0 spiro atoms. The lowest BCUT2D eigenvalue weighted by Gasteiger charge is -2.38. The van der Waals surface area contributed by atoms with E-state index in [9.17, 15) is 4.79 Å². The van der Waals surface area contributed by atoms with Crippen LogP contribution in [0, 0.1) is 25.3 Å². The molecule has 0 radical (unpaired) electrons. The summed E-state index contributed by atoms with van der Waals surface area (Å²) in [6, 6.07) is 6.24. The second kappa shape index (κ2) is 13.0. The molecule has 0 saturated carbocycles. The van der Waals surface area contributed by atoms with E-state index >= 15 is 0 Å². The molecule has 1 amide bonds. The molecule has 39 heavy (non-hydrogen) atoms. The number of hydrogen-bond acceptors (Lipinski definition) is 4. The van der Waals surface area contributed by atoms with Crippen molar-refractivity contribution in [3.05, 3.63) is 52.3 Å². The Morgan fingerprint density at radius 2 is 1.62 bits per heavy atom. The molecule has 2 rings (SSSR count). The predicted octanol–water partition coefficient (Wildman–Crippen LogP) is 8.78. The van der Waals surface area contributed by atoms with Crippen molar-refractivity contribution in [3.63, 3.8) is 0 Å². The minimum atomic E-state index is -1.91. The van der Waals surface area contributed by atoms with Gasteiger partial charge in [0.1, 0.15) is 19.4 Å². The highest BCUT2D eigenvalue weighted by Gasteiger charge is 2.41. The molecule has 5 nitrogen and oxygen atoms in total. The van der Waals surface area contributed by atoms with Crippen molar-refractivity contribution in [2.75, 3.05) is 12.0 Å². The number of carbonyl (C=O) groups is 1. The Labute approximate surface area is 238 Å². The van der Waals surface area contributed by atoms with Crippen molar-refractivity contribution >= 4 is 19.9 Å². The van der Waals surface area contributed by atoms with Crippen molar-refractivity contribution in [3.8, 4) is 17.2 Å². The number of aryl methyl sites for hydroxylation is 2. The van der Waals surface area contributed by atoms with Gasteiger partial charge in [-0.25, -0.2) is 4.79 Å². The smallest absolute Gasteiger partial charge is 0.415 e. The van der Waals surface area contributed by atoms with E-state index in [4.69, 9.17) is 9.47 Å². The summed E-state index contributed by atoms with van der Waals surface area (Å²) < 4.78 is 11.5. The lowest BCUT2D eigenvalue weighted by atomic mass is 10.1. The van der Waals surface area contributed by atoms with E-state index in [0.29, 0.717) is 16.6 Å². The third kappa shape index (κ3) is 7.66. The number of anilines is 1. The van der Waals surface area contributed by atoms with Gasteiger partial charge in [0.15, 0.2) is 0 Å². The number of rotatable bonds is 8. The molecule has 0 unspecified atom stereocenters. The van der Waals surface area contributed by atoms with Crippen LogP contribution in [0.4, 0.5) is 10.5 Å². The largest absolute Gasteiger partial charge is 0.496 e. The van der Waals surface area contributed by atoms with Crippen LogP contribution in [-0.2, 0) is 17.7 Å². The highest BCUT2D eigenvalue weighted by atomic mass is 28.3. The number of methoxy groups -OCH3 is 1. The third-order valence-corrected chi connectivity index (χ3v) is 13.9. The molecule has 0 N–H and O–H groups in total. The molecule has 0 atom stereocenters. The number of aromatic nitrogens is 1. The fourth-order valence-electron chi connectivity index (χ4n) is 5.68. The van der Waals surface area contributed by atoms with Crippen molar-refractivity contribution in [2.24, 2.45) is 0 Å². The number of nitrogens with zero attached hydrogens (tertiary/aromatic N) is 2. The van der Waals surface area contributed by atoms with E-state index in [2.05, 4.69) is 77.0 Å². The minimum Gasteiger partial charge on any atom is -0.496 e. The molecule has 6 heteroatoms. The highest BCUT2D eigenvalue weighted by Crippen LogP contribution is 2.41. The van der Waals surface area contributed by atoms with Gasteiger partial charge in [0.25, 0.3) is 0 Å². The van der Waals surface area contributed by atoms with E-state index in [1.807, 2.05) is 40.7 Å². The van der Waals surface area contributed by atoms with Crippen LogP contribution in [0.25, 0.3) is 0 Å². The average molecular weight is 551 g/mol. The maximum atomic E-state index is 13.6. The van der Waals surface area contributed by atoms with Gasteiger partial charge in [0.2, 0.25) is 0 Å². The molecule has 1 aromatic carbocycles. The highest BCUT2D eigenvalue weighted by molar-refractivity contribution is 6.90. The van der Waals surface area contributed by atoms with Gasteiger partial charge in [-0.15, -0.1) is 5.54 Å². The van der Waals surface area contributed by atoms with Gasteiger partial charge in [-0.3, -0.25) is 9.88 Å². The Morgan fingerprint density at radius 3 is 2.10 bits per heavy atom. The van der Waals surface area contributed by atoms with E-state index in [0.717, 1.165) is 45.8 Å². The van der Waals surface area contributed by atoms with Crippen LogP contribution >= 0.6 is 0 Å². The average Bonchev–Trinajstić information content (AvgIpc) is 2.82. The zero-order valence-electron chi connectivity index (χ0n) is 26.6. The summed E-state index contributed by atoms with van der Waals surface area (Å²) in [5, 5.41) is 0. The van der Waals surface area contributed by atoms with Crippen molar-refractivity contribution in [2.45, 2.75) is 118 Å². The van der Waals surface area contributed by atoms with Crippen LogP contribution in [0.3, 0.4) is 0 Å². The van der Waals surface area contributed by atoms with Gasteiger partial charge in [-0.2, -0.15) is 0 Å². The lowest BCUT2D eigenvalue weighted by Crippen LogP contribution is -2.43. The summed E-state index contributed by atoms with van der Waals surface area (Å²) >= 11 is 0. The Kier molecular flexibility index (Phi) is 10.8. The fraction of sp³-hybridized carbons (Fsp3) is 0.576. The normalized spacial score (nSPS) is 12.0. The molecule has 1 aromatic heterocycles. The number of carbonyl (C=O) groups excluding carboxylic acids is 1. The molecular formula is C33H50N2O3Si. The van der Waals surface area contributed by atoms with Gasteiger partial charge in [0.05, 0.1) is 19.3 Å². The molecule has 0 aliphatic heterocycles. The van der Waals surface area contributed by atoms with E-state index < -0.39 is 19.8 Å². The van der Waals surface area contributed by atoms with Crippen LogP contribution in [0.5, 0.6) is 5.75 Å². The minimum absolute atomic E-state index is 0.264. The van der Waals surface area contributed by atoms with Gasteiger partial charge in [-0.1, -0.05) is 54.4 Å². The Bertz CT molecular complexity index is 1190. The first kappa shape index (κ1) is 32.4. The first-order chi connectivity index (χ1) is 18.1. The zero-order valence-corrected chi connectivity index (χ0v) is 27.6. The summed E-state index contributed by atoms with van der Waals surface area (Å²) in [6.45, 7) is 25.9. The second-order valence-corrected chi connectivity index (χ2v) is 18.1. The first-order valence-electron chi connectivity index (χ1n) is 14.2. The fourth-order valence-corrected chi connectivity index (χ4v) is 10.9. The Hall–Kier alpha value is -2.78. The SMILES string of the molecule is CCc1cc(C#C[Si](C(C)C)(C(C)C)C(C)C)cc(N(Cc2ncc(C)c(OC)c2C)C(=O)OC(C)(C)C)c1. The summed E-state index contributed by atoms with van der Waals surface area (Å²) in [4.78, 5) is 20.0. The molecule has 214 valence electrons. The molecule has 1 heterocycles. The second-order valence-electron chi connectivity index (χ2n) is 12.5. The van der Waals surface area contributed by atoms with E-state index in [1.54, 1.807) is 18.2 Å². The van der Waals surface area contributed by atoms with Gasteiger partial charge in [-0.05, 0) is 81.4 Å². The standard InChI is InChI=1S/C33H50N2O3Si/c1-14-27-17-28(15-16-39(22(2)3,23(4)5)24(6)7)19-29(18-27)35(32(36)38-33(10,11)12)21-30-26(9)31(37-13)25(8)20-34-30/h17-20,22-24H,14,21H2,1-13H3. The van der Waals surface area contributed by atoms with Crippen molar-refractivity contribution in [1.82, 2.24) is 4.98 Å². The van der Waals surface area contributed by atoms with Crippen LogP contribution in [0.2, 0.25) is 16.6 Å². The number of ether oxygens (including phenoxy) is 2.